The number of methoxy groups -OCH3 is 1. The number of Topliss-reactive ketones (excluding diaryl/α,β-unsaturated/α-hetero) is 1. The number of hydrogen-bond acceptors (Lipinski definition) is 5. The molecule has 1 aliphatic rings. The number of carbonyl (C=O) groups excluding carboxylic acids is 2. The molecule has 1 fully saturated rings. The van der Waals surface area contributed by atoms with Crippen molar-refractivity contribution < 1.29 is 19.4 Å². The van der Waals surface area contributed by atoms with E-state index in [1.165, 1.54) is 4.90 Å². The molecule has 1 aliphatic heterocycles. The topological polar surface area (TPSA) is 70.1 Å². The van der Waals surface area contributed by atoms with Crippen LogP contribution in [0.25, 0.3) is 5.76 Å². The van der Waals surface area contributed by atoms with Crippen molar-refractivity contribution in [2.45, 2.75) is 53.0 Å². The van der Waals surface area contributed by atoms with Crippen LogP contribution < -0.4 is 14.5 Å². The highest BCUT2D eigenvalue weighted by Crippen LogP contribution is 2.43. The molecule has 1 unspecified atom stereocenters. The van der Waals surface area contributed by atoms with Crippen molar-refractivity contribution in [2.24, 2.45) is 0 Å². The zero-order chi connectivity index (χ0) is 28.5. The lowest BCUT2D eigenvalue weighted by Gasteiger charge is -2.27. The third-order valence-corrected chi connectivity index (χ3v) is 7.49. The van der Waals surface area contributed by atoms with Crippen LogP contribution >= 0.6 is 0 Å². The Morgan fingerprint density at radius 1 is 0.949 bits per heavy atom. The Labute approximate surface area is 231 Å². The molecule has 1 heterocycles. The SMILES string of the molecule is CCN(CC)c1ccc(N2C(=O)C(=O)/C(=C(/O)c3cc(C(C)(C)C)ccc3C)C2c2ccc(OC)cc2)cc1. The Morgan fingerprint density at radius 3 is 2.10 bits per heavy atom. The maximum absolute atomic E-state index is 13.6. The highest BCUT2D eigenvalue weighted by atomic mass is 16.5. The Balaban J connectivity index is 1.92. The first-order chi connectivity index (χ1) is 18.5. The van der Waals surface area contributed by atoms with E-state index in [1.54, 1.807) is 19.2 Å². The second-order valence-electron chi connectivity index (χ2n) is 10.9. The fourth-order valence-electron chi connectivity index (χ4n) is 5.10. The van der Waals surface area contributed by atoms with E-state index in [0.717, 1.165) is 29.9 Å². The maximum atomic E-state index is 13.6. The first-order valence-corrected chi connectivity index (χ1v) is 13.4. The van der Waals surface area contributed by atoms with Crippen molar-refractivity contribution in [1.82, 2.24) is 0 Å². The van der Waals surface area contributed by atoms with Crippen LogP contribution in [0.1, 0.15) is 62.9 Å². The van der Waals surface area contributed by atoms with Crippen molar-refractivity contribution in [3.63, 3.8) is 0 Å². The predicted octanol–water partition coefficient (Wildman–Crippen LogP) is 6.77. The summed E-state index contributed by atoms with van der Waals surface area (Å²) in [6, 6.07) is 20.0. The van der Waals surface area contributed by atoms with Crippen LogP contribution in [-0.2, 0) is 15.0 Å². The lowest BCUT2D eigenvalue weighted by atomic mass is 9.84. The molecular formula is C33H38N2O4. The van der Waals surface area contributed by atoms with Crippen LogP contribution in [0.2, 0.25) is 0 Å². The largest absolute Gasteiger partial charge is 0.507 e. The van der Waals surface area contributed by atoms with Crippen molar-refractivity contribution in [3.8, 4) is 5.75 Å². The van der Waals surface area contributed by atoms with E-state index in [1.807, 2.05) is 61.5 Å². The van der Waals surface area contributed by atoms with Gasteiger partial charge in [0.1, 0.15) is 11.5 Å². The van der Waals surface area contributed by atoms with Crippen LogP contribution in [0.5, 0.6) is 5.75 Å². The van der Waals surface area contributed by atoms with Gasteiger partial charge in [-0.2, -0.15) is 0 Å². The molecule has 0 aromatic heterocycles. The number of rotatable bonds is 7. The van der Waals surface area contributed by atoms with Gasteiger partial charge in [0.2, 0.25) is 0 Å². The van der Waals surface area contributed by atoms with E-state index in [4.69, 9.17) is 4.74 Å². The second kappa shape index (κ2) is 11.0. The van der Waals surface area contributed by atoms with Gasteiger partial charge in [0, 0.05) is 30.0 Å². The third kappa shape index (κ3) is 5.29. The van der Waals surface area contributed by atoms with Gasteiger partial charge in [-0.05, 0) is 85.3 Å². The predicted molar refractivity (Wildman–Crippen MR) is 158 cm³/mol. The molecule has 0 bridgehead atoms. The molecule has 1 atom stereocenters. The number of aliphatic hydroxyl groups is 1. The van der Waals surface area contributed by atoms with Crippen LogP contribution in [0.4, 0.5) is 11.4 Å². The standard InChI is InChI=1S/C33H38N2O4/c1-8-34(9-2)24-14-16-25(17-15-24)35-29(22-11-18-26(39-7)19-12-22)28(31(37)32(35)38)30(36)27-20-23(33(4,5)6)13-10-21(27)3/h10-20,29,36H,8-9H2,1-7H3/b30-28+. The van der Waals surface area contributed by atoms with Crippen molar-refractivity contribution in [1.29, 1.82) is 0 Å². The fraction of sp³-hybridized carbons (Fsp3) is 0.333. The summed E-state index contributed by atoms with van der Waals surface area (Å²) in [6.45, 7) is 14.1. The van der Waals surface area contributed by atoms with Crippen LogP contribution in [-0.4, -0.2) is 37.0 Å². The number of benzene rings is 3. The molecule has 39 heavy (non-hydrogen) atoms. The van der Waals surface area contributed by atoms with Gasteiger partial charge in [-0.25, -0.2) is 0 Å². The first-order valence-electron chi connectivity index (χ1n) is 13.4. The number of aryl methyl sites for hydroxylation is 1. The number of aliphatic hydroxyl groups excluding tert-OH is 1. The Bertz CT molecular complexity index is 1400. The maximum Gasteiger partial charge on any atom is 0.300 e. The molecule has 0 aliphatic carbocycles. The summed E-state index contributed by atoms with van der Waals surface area (Å²) >= 11 is 0. The number of ketones is 1. The summed E-state index contributed by atoms with van der Waals surface area (Å²) in [5.41, 5.74) is 4.65. The molecule has 1 N–H and O–H groups in total. The molecule has 6 nitrogen and oxygen atoms in total. The molecular weight excluding hydrogens is 488 g/mol. The van der Waals surface area contributed by atoms with Gasteiger partial charge in [0.15, 0.2) is 0 Å². The minimum Gasteiger partial charge on any atom is -0.507 e. The van der Waals surface area contributed by atoms with Crippen molar-refractivity contribution >= 4 is 28.8 Å². The van der Waals surface area contributed by atoms with E-state index in [0.29, 0.717) is 22.6 Å². The molecule has 204 valence electrons. The lowest BCUT2D eigenvalue weighted by Crippen LogP contribution is -2.29. The lowest BCUT2D eigenvalue weighted by molar-refractivity contribution is -0.132. The number of ether oxygens (including phenoxy) is 1. The monoisotopic (exact) mass is 526 g/mol. The van der Waals surface area contributed by atoms with Gasteiger partial charge in [0.25, 0.3) is 11.7 Å². The highest BCUT2D eigenvalue weighted by molar-refractivity contribution is 6.51. The molecule has 0 radical (unpaired) electrons. The van der Waals surface area contributed by atoms with E-state index in [2.05, 4.69) is 39.5 Å². The minimum atomic E-state index is -0.798. The Hall–Kier alpha value is -4.06. The summed E-state index contributed by atoms with van der Waals surface area (Å²) in [5.74, 6) is -0.882. The molecule has 3 aromatic rings. The molecule has 1 amide bonds. The highest BCUT2D eigenvalue weighted by Gasteiger charge is 2.47. The quantitative estimate of drug-likeness (QED) is 0.209. The average molecular weight is 527 g/mol. The fourth-order valence-corrected chi connectivity index (χ4v) is 5.10. The van der Waals surface area contributed by atoms with Gasteiger partial charge in [-0.1, -0.05) is 45.0 Å². The molecule has 6 heteroatoms. The molecule has 0 spiro atoms. The van der Waals surface area contributed by atoms with E-state index in [-0.39, 0.29) is 16.7 Å². The van der Waals surface area contributed by atoms with E-state index in [9.17, 15) is 14.7 Å². The van der Waals surface area contributed by atoms with Crippen LogP contribution in [0, 0.1) is 6.92 Å². The Kier molecular flexibility index (Phi) is 7.86. The molecule has 3 aromatic carbocycles. The number of amides is 1. The van der Waals surface area contributed by atoms with Crippen molar-refractivity contribution in [3.05, 3.63) is 94.6 Å². The molecule has 4 rings (SSSR count). The zero-order valence-corrected chi connectivity index (χ0v) is 23.9. The van der Waals surface area contributed by atoms with Gasteiger partial charge in [-0.15, -0.1) is 0 Å². The van der Waals surface area contributed by atoms with Crippen LogP contribution in [0.15, 0.2) is 72.3 Å². The Morgan fingerprint density at radius 2 is 1.56 bits per heavy atom. The zero-order valence-electron chi connectivity index (χ0n) is 23.9. The van der Waals surface area contributed by atoms with Gasteiger partial charge in [0.05, 0.1) is 18.7 Å². The number of carbonyl (C=O) groups is 2. The summed E-state index contributed by atoms with van der Waals surface area (Å²) in [7, 11) is 1.59. The number of anilines is 2. The second-order valence-corrected chi connectivity index (χ2v) is 10.9. The molecule has 1 saturated heterocycles. The molecule has 0 saturated carbocycles. The van der Waals surface area contributed by atoms with Gasteiger partial charge in [-0.3, -0.25) is 14.5 Å². The summed E-state index contributed by atoms with van der Waals surface area (Å²) in [5, 5.41) is 11.7. The first kappa shape index (κ1) is 28.0. The normalized spacial score (nSPS) is 17.0. The van der Waals surface area contributed by atoms with E-state index < -0.39 is 17.7 Å². The summed E-state index contributed by atoms with van der Waals surface area (Å²) in [6.07, 6.45) is 0. The number of nitrogens with zero attached hydrogens (tertiary/aromatic N) is 2. The smallest absolute Gasteiger partial charge is 0.300 e. The third-order valence-electron chi connectivity index (χ3n) is 7.49. The van der Waals surface area contributed by atoms with E-state index >= 15 is 0 Å². The summed E-state index contributed by atoms with van der Waals surface area (Å²) in [4.78, 5) is 30.9. The van der Waals surface area contributed by atoms with Crippen molar-refractivity contribution in [2.75, 3.05) is 30.0 Å². The van der Waals surface area contributed by atoms with Crippen LogP contribution in [0.3, 0.4) is 0 Å². The minimum absolute atomic E-state index is 0.0761. The number of hydrogen-bond donors (Lipinski definition) is 1. The van der Waals surface area contributed by atoms with Gasteiger partial charge >= 0.3 is 0 Å². The average Bonchev–Trinajstić information content (AvgIpc) is 3.19. The van der Waals surface area contributed by atoms with Gasteiger partial charge < -0.3 is 14.7 Å². The summed E-state index contributed by atoms with van der Waals surface area (Å²) < 4.78 is 5.33.